The van der Waals surface area contributed by atoms with E-state index in [2.05, 4.69) is 5.32 Å². The standard InChI is InChI=1S/C16H20FNO2/c1-10-5-8-16(20-10)12(3)18-11(2)14-7-6-13(19-4)9-15(14)17/h5-9,11-12,18H,1-4H3. The van der Waals surface area contributed by atoms with E-state index in [1.807, 2.05) is 32.9 Å². The molecule has 0 aliphatic carbocycles. The van der Waals surface area contributed by atoms with Gasteiger partial charge >= 0.3 is 0 Å². The Morgan fingerprint density at radius 3 is 2.45 bits per heavy atom. The van der Waals surface area contributed by atoms with Gasteiger partial charge < -0.3 is 14.5 Å². The Morgan fingerprint density at radius 2 is 1.90 bits per heavy atom. The van der Waals surface area contributed by atoms with Crippen molar-refractivity contribution in [2.24, 2.45) is 0 Å². The Kier molecular flexibility index (Phi) is 4.45. The van der Waals surface area contributed by atoms with Gasteiger partial charge in [-0.05, 0) is 39.0 Å². The molecule has 2 aromatic rings. The predicted molar refractivity (Wildman–Crippen MR) is 76.4 cm³/mol. The zero-order valence-electron chi connectivity index (χ0n) is 12.2. The largest absolute Gasteiger partial charge is 0.497 e. The van der Waals surface area contributed by atoms with Gasteiger partial charge in [0.2, 0.25) is 0 Å². The van der Waals surface area contributed by atoms with Crippen molar-refractivity contribution >= 4 is 0 Å². The molecule has 20 heavy (non-hydrogen) atoms. The number of furan rings is 1. The molecular weight excluding hydrogens is 257 g/mol. The number of halogens is 1. The summed E-state index contributed by atoms with van der Waals surface area (Å²) in [6, 6.07) is 8.65. The third kappa shape index (κ3) is 3.20. The van der Waals surface area contributed by atoms with E-state index >= 15 is 0 Å². The Morgan fingerprint density at radius 1 is 1.15 bits per heavy atom. The lowest BCUT2D eigenvalue weighted by Gasteiger charge is -2.19. The molecule has 1 aromatic heterocycles. The first-order valence-electron chi connectivity index (χ1n) is 6.67. The van der Waals surface area contributed by atoms with Crippen LogP contribution in [0.2, 0.25) is 0 Å². The topological polar surface area (TPSA) is 34.4 Å². The molecule has 1 aromatic carbocycles. The lowest BCUT2D eigenvalue weighted by molar-refractivity contribution is 0.385. The van der Waals surface area contributed by atoms with E-state index in [0.29, 0.717) is 11.3 Å². The van der Waals surface area contributed by atoms with Gasteiger partial charge in [-0.25, -0.2) is 4.39 Å². The molecule has 4 heteroatoms. The minimum absolute atomic E-state index is 0.0141. The lowest BCUT2D eigenvalue weighted by atomic mass is 10.1. The van der Waals surface area contributed by atoms with Crippen molar-refractivity contribution in [2.75, 3.05) is 7.11 Å². The van der Waals surface area contributed by atoms with Gasteiger partial charge in [0.05, 0.1) is 13.2 Å². The monoisotopic (exact) mass is 277 g/mol. The molecule has 1 heterocycles. The fourth-order valence-electron chi connectivity index (χ4n) is 2.22. The first kappa shape index (κ1) is 14.6. The molecule has 0 fully saturated rings. The van der Waals surface area contributed by atoms with Gasteiger partial charge in [0, 0.05) is 17.7 Å². The number of hydrogen-bond donors (Lipinski definition) is 1. The van der Waals surface area contributed by atoms with Crippen molar-refractivity contribution in [3.8, 4) is 5.75 Å². The van der Waals surface area contributed by atoms with Gasteiger partial charge in [-0.3, -0.25) is 0 Å². The number of rotatable bonds is 5. The van der Waals surface area contributed by atoms with Crippen LogP contribution in [0.5, 0.6) is 5.75 Å². The van der Waals surface area contributed by atoms with E-state index in [1.54, 1.807) is 12.1 Å². The maximum atomic E-state index is 14.0. The second-order valence-corrected chi connectivity index (χ2v) is 4.95. The molecule has 0 aliphatic heterocycles. The van der Waals surface area contributed by atoms with Crippen LogP contribution in [0.4, 0.5) is 4.39 Å². The zero-order valence-corrected chi connectivity index (χ0v) is 12.2. The summed E-state index contributed by atoms with van der Waals surface area (Å²) >= 11 is 0. The van der Waals surface area contributed by atoms with E-state index in [9.17, 15) is 4.39 Å². The molecule has 108 valence electrons. The predicted octanol–water partition coefficient (Wildman–Crippen LogP) is 4.15. The number of ether oxygens (including phenoxy) is 1. The minimum Gasteiger partial charge on any atom is -0.497 e. The summed E-state index contributed by atoms with van der Waals surface area (Å²) in [6.45, 7) is 5.83. The lowest BCUT2D eigenvalue weighted by Crippen LogP contribution is -2.23. The molecule has 0 saturated heterocycles. The summed E-state index contributed by atoms with van der Waals surface area (Å²) < 4.78 is 24.6. The van der Waals surface area contributed by atoms with E-state index in [4.69, 9.17) is 9.15 Å². The van der Waals surface area contributed by atoms with Crippen LogP contribution in [0.1, 0.15) is 43.0 Å². The normalized spacial score (nSPS) is 14.1. The molecule has 3 nitrogen and oxygen atoms in total. The second kappa shape index (κ2) is 6.09. The van der Waals surface area contributed by atoms with Crippen LogP contribution in [-0.2, 0) is 0 Å². The van der Waals surface area contributed by atoms with Crippen LogP contribution in [0.25, 0.3) is 0 Å². The number of methoxy groups -OCH3 is 1. The van der Waals surface area contributed by atoms with Crippen LogP contribution in [-0.4, -0.2) is 7.11 Å². The summed E-state index contributed by atoms with van der Waals surface area (Å²) in [4.78, 5) is 0. The number of benzene rings is 1. The molecule has 2 unspecified atom stereocenters. The fraction of sp³-hybridized carbons (Fsp3) is 0.375. The summed E-state index contributed by atoms with van der Waals surface area (Å²) in [5.41, 5.74) is 0.612. The Hall–Kier alpha value is -1.81. The molecule has 0 aliphatic rings. The van der Waals surface area contributed by atoms with Crippen LogP contribution in [0, 0.1) is 12.7 Å². The SMILES string of the molecule is COc1ccc(C(C)NC(C)c2ccc(C)o2)c(F)c1. The van der Waals surface area contributed by atoms with Crippen LogP contribution >= 0.6 is 0 Å². The van der Waals surface area contributed by atoms with Gasteiger partial charge in [-0.15, -0.1) is 0 Å². The van der Waals surface area contributed by atoms with Crippen molar-refractivity contribution in [3.63, 3.8) is 0 Å². The smallest absolute Gasteiger partial charge is 0.131 e. The Labute approximate surface area is 118 Å². The third-order valence-corrected chi connectivity index (χ3v) is 3.36. The summed E-state index contributed by atoms with van der Waals surface area (Å²) in [6.07, 6.45) is 0. The molecule has 0 spiro atoms. The highest BCUT2D eigenvalue weighted by atomic mass is 19.1. The van der Waals surface area contributed by atoms with E-state index in [1.165, 1.54) is 13.2 Å². The van der Waals surface area contributed by atoms with Gasteiger partial charge in [-0.2, -0.15) is 0 Å². The number of hydrogen-bond acceptors (Lipinski definition) is 3. The fourth-order valence-corrected chi connectivity index (χ4v) is 2.22. The van der Waals surface area contributed by atoms with Crippen molar-refractivity contribution in [1.82, 2.24) is 5.32 Å². The van der Waals surface area contributed by atoms with Gasteiger partial charge in [0.15, 0.2) is 0 Å². The molecule has 2 rings (SSSR count). The number of aryl methyl sites for hydroxylation is 1. The molecule has 0 saturated carbocycles. The van der Waals surface area contributed by atoms with Crippen molar-refractivity contribution < 1.29 is 13.5 Å². The first-order valence-corrected chi connectivity index (χ1v) is 6.67. The molecular formula is C16H20FNO2. The van der Waals surface area contributed by atoms with Gasteiger partial charge in [-0.1, -0.05) is 6.07 Å². The van der Waals surface area contributed by atoms with Crippen LogP contribution < -0.4 is 10.1 Å². The highest BCUT2D eigenvalue weighted by molar-refractivity contribution is 5.30. The second-order valence-electron chi connectivity index (χ2n) is 4.95. The highest BCUT2D eigenvalue weighted by Gasteiger charge is 2.16. The highest BCUT2D eigenvalue weighted by Crippen LogP contribution is 2.25. The van der Waals surface area contributed by atoms with Crippen molar-refractivity contribution in [3.05, 3.63) is 53.2 Å². The molecule has 0 amide bonds. The van der Waals surface area contributed by atoms with Gasteiger partial charge in [0.25, 0.3) is 0 Å². The number of nitrogens with one attached hydrogen (secondary N) is 1. The molecule has 0 bridgehead atoms. The van der Waals surface area contributed by atoms with Crippen molar-refractivity contribution in [1.29, 1.82) is 0 Å². The Bertz CT molecular complexity index is 580. The quantitative estimate of drug-likeness (QED) is 0.891. The van der Waals surface area contributed by atoms with Crippen LogP contribution in [0.3, 0.4) is 0 Å². The summed E-state index contributed by atoms with van der Waals surface area (Å²) in [5, 5.41) is 3.33. The first-order chi connectivity index (χ1) is 9.51. The molecule has 0 radical (unpaired) electrons. The zero-order chi connectivity index (χ0) is 14.7. The van der Waals surface area contributed by atoms with Gasteiger partial charge in [0.1, 0.15) is 23.1 Å². The third-order valence-electron chi connectivity index (χ3n) is 3.36. The van der Waals surface area contributed by atoms with E-state index in [-0.39, 0.29) is 17.9 Å². The maximum absolute atomic E-state index is 14.0. The van der Waals surface area contributed by atoms with E-state index < -0.39 is 0 Å². The van der Waals surface area contributed by atoms with Crippen molar-refractivity contribution in [2.45, 2.75) is 32.9 Å². The molecule has 1 N–H and O–H groups in total. The minimum atomic E-state index is -0.271. The summed E-state index contributed by atoms with van der Waals surface area (Å²) in [5.74, 6) is 1.97. The maximum Gasteiger partial charge on any atom is 0.131 e. The average molecular weight is 277 g/mol. The molecule has 2 atom stereocenters. The average Bonchev–Trinajstić information content (AvgIpc) is 2.85. The van der Waals surface area contributed by atoms with Crippen LogP contribution in [0.15, 0.2) is 34.7 Å². The summed E-state index contributed by atoms with van der Waals surface area (Å²) in [7, 11) is 1.53. The van der Waals surface area contributed by atoms with E-state index in [0.717, 1.165) is 11.5 Å². The Balaban J connectivity index is 2.09.